The molecule has 2 aliphatic rings. The second kappa shape index (κ2) is 11.4. The monoisotopic (exact) mass is 587 g/mol. The summed E-state index contributed by atoms with van der Waals surface area (Å²) < 4.78 is 40.0. The number of para-hydroxylation sites is 1. The molecule has 2 N–H and O–H groups in total. The molecule has 0 bridgehead atoms. The molecule has 11 heteroatoms. The number of carbonyl (C=O) groups is 2. The van der Waals surface area contributed by atoms with Gasteiger partial charge in [0.05, 0.1) is 34.0 Å². The van der Waals surface area contributed by atoms with Crippen LogP contribution < -0.4 is 15.5 Å². The van der Waals surface area contributed by atoms with Crippen molar-refractivity contribution in [1.82, 2.24) is 0 Å². The molecule has 3 aromatic carbocycles. The molecule has 0 saturated carbocycles. The van der Waals surface area contributed by atoms with Gasteiger partial charge in [-0.05, 0) is 48.5 Å². The molecule has 2 atom stereocenters. The summed E-state index contributed by atoms with van der Waals surface area (Å²) in [6, 6.07) is 17.5. The zero-order valence-corrected chi connectivity index (χ0v) is 22.5. The van der Waals surface area contributed by atoms with Gasteiger partial charge in [-0.1, -0.05) is 54.1 Å². The lowest BCUT2D eigenvalue weighted by atomic mass is 10.1. The van der Waals surface area contributed by atoms with Gasteiger partial charge < -0.3 is 10.6 Å². The van der Waals surface area contributed by atoms with Crippen LogP contribution in [0.15, 0.2) is 101 Å². The number of carbonyl (C=O) groups excluding carboxylic acids is 2. The third-order valence-corrected chi connectivity index (χ3v) is 8.51. The van der Waals surface area contributed by atoms with Gasteiger partial charge in [0.25, 0.3) is 0 Å². The van der Waals surface area contributed by atoms with Gasteiger partial charge in [0.2, 0.25) is 5.91 Å². The van der Waals surface area contributed by atoms with Gasteiger partial charge in [-0.2, -0.15) is 13.2 Å². The maximum absolute atomic E-state index is 13.5. The summed E-state index contributed by atoms with van der Waals surface area (Å²) in [5.74, 6) is -0.734. The Bertz CT molecular complexity index is 1480. The average molecular weight is 588 g/mol. The van der Waals surface area contributed by atoms with E-state index in [9.17, 15) is 22.8 Å². The van der Waals surface area contributed by atoms with Gasteiger partial charge in [0, 0.05) is 20.5 Å². The molecule has 0 spiro atoms. The number of halogens is 4. The number of anilines is 3. The number of alkyl halides is 3. The van der Waals surface area contributed by atoms with Crippen LogP contribution in [0.25, 0.3) is 0 Å². The van der Waals surface area contributed by atoms with Gasteiger partial charge in [0.1, 0.15) is 0 Å². The Hall–Kier alpha value is -3.34. The number of nitrogens with one attached hydrogen (secondary N) is 2. The molecular formula is C28H21ClF3N3O2S2. The lowest BCUT2D eigenvalue weighted by Gasteiger charge is -2.40. The predicted octanol–water partition coefficient (Wildman–Crippen LogP) is 8.10. The molecule has 5 nitrogen and oxygen atoms in total. The number of thioether (sulfide) groups is 2. The smallest absolute Gasteiger partial charge is 0.325 e. The number of fused-ring (bicyclic) bond motifs is 2. The topological polar surface area (TPSA) is 61.4 Å². The standard InChI is InChI=1S/C28H21ClF3N3O2S2/c29-17-12-13-21(20(14-17)28(30,31)32)34-26(36)16-38-19-7-5-6-18(15-19)33-27(37)35-22-8-1-3-10-24(22)39-25-11-4-2-9-23(25)35/h1-15,22,24H,16H2,(H,33,37)(H,34,36). The minimum atomic E-state index is -4.66. The Morgan fingerprint density at radius 1 is 0.974 bits per heavy atom. The quantitative estimate of drug-likeness (QED) is 0.296. The molecule has 3 amide bonds. The molecule has 5 rings (SSSR count). The van der Waals surface area contributed by atoms with E-state index in [-0.39, 0.29) is 33.8 Å². The molecule has 3 aromatic rings. The zero-order valence-electron chi connectivity index (χ0n) is 20.1. The van der Waals surface area contributed by atoms with Crippen LogP contribution in [0.1, 0.15) is 5.56 Å². The Kier molecular flexibility index (Phi) is 7.97. The first-order valence-electron chi connectivity index (χ1n) is 11.8. The first-order chi connectivity index (χ1) is 18.7. The second-order valence-corrected chi connectivity index (χ2v) is 11.4. The number of allylic oxidation sites excluding steroid dienone is 2. The van der Waals surface area contributed by atoms with Crippen LogP contribution >= 0.6 is 35.1 Å². The number of nitrogens with zero attached hydrogens (tertiary/aromatic N) is 1. The molecule has 0 radical (unpaired) electrons. The highest BCUT2D eigenvalue weighted by molar-refractivity contribution is 8.00. The molecule has 0 saturated heterocycles. The largest absolute Gasteiger partial charge is 0.418 e. The zero-order chi connectivity index (χ0) is 27.6. The van der Waals surface area contributed by atoms with Crippen molar-refractivity contribution < 1.29 is 22.8 Å². The highest BCUT2D eigenvalue weighted by atomic mass is 35.5. The fourth-order valence-corrected chi connectivity index (χ4v) is 6.45. The molecule has 1 heterocycles. The first-order valence-corrected chi connectivity index (χ1v) is 14.0. The lowest BCUT2D eigenvalue weighted by molar-refractivity contribution is -0.137. The summed E-state index contributed by atoms with van der Waals surface area (Å²) >= 11 is 8.56. The van der Waals surface area contributed by atoms with Crippen molar-refractivity contribution in [2.45, 2.75) is 27.3 Å². The van der Waals surface area contributed by atoms with Crippen LogP contribution in [0.4, 0.5) is 35.0 Å². The van der Waals surface area contributed by atoms with Gasteiger partial charge in [-0.3, -0.25) is 9.69 Å². The summed E-state index contributed by atoms with van der Waals surface area (Å²) in [7, 11) is 0. The van der Waals surface area contributed by atoms with E-state index in [1.807, 2.05) is 42.5 Å². The van der Waals surface area contributed by atoms with Crippen molar-refractivity contribution in [3.05, 3.63) is 102 Å². The highest BCUT2D eigenvalue weighted by Gasteiger charge is 2.37. The molecule has 1 aliphatic heterocycles. The van der Waals surface area contributed by atoms with Gasteiger partial charge in [-0.15, -0.1) is 23.5 Å². The molecular weight excluding hydrogens is 567 g/mol. The first kappa shape index (κ1) is 27.2. The summed E-state index contributed by atoms with van der Waals surface area (Å²) in [4.78, 5) is 29.4. The molecule has 0 aromatic heterocycles. The van der Waals surface area contributed by atoms with Crippen LogP contribution in [0, 0.1) is 0 Å². The molecule has 39 heavy (non-hydrogen) atoms. The predicted molar refractivity (Wildman–Crippen MR) is 152 cm³/mol. The van der Waals surface area contributed by atoms with Gasteiger partial charge in [-0.25, -0.2) is 4.79 Å². The Morgan fingerprint density at radius 3 is 2.59 bits per heavy atom. The van der Waals surface area contributed by atoms with E-state index in [0.29, 0.717) is 10.6 Å². The Balaban J connectivity index is 1.26. The highest BCUT2D eigenvalue weighted by Crippen LogP contribution is 2.44. The summed E-state index contributed by atoms with van der Waals surface area (Å²) in [6.45, 7) is 0. The summed E-state index contributed by atoms with van der Waals surface area (Å²) in [5, 5.41) is 5.28. The van der Waals surface area contributed by atoms with E-state index >= 15 is 0 Å². The van der Waals surface area contributed by atoms with Crippen molar-refractivity contribution in [3.8, 4) is 0 Å². The maximum Gasteiger partial charge on any atom is 0.418 e. The Morgan fingerprint density at radius 2 is 1.77 bits per heavy atom. The van der Waals surface area contributed by atoms with Crippen molar-refractivity contribution >= 4 is 64.1 Å². The van der Waals surface area contributed by atoms with Crippen LogP contribution in [0.3, 0.4) is 0 Å². The SMILES string of the molecule is O=C(CSc1cccc(NC(=O)N2c3ccccc3SC3C=CC=CC32)c1)Nc1ccc(Cl)cc1C(F)(F)F. The summed E-state index contributed by atoms with van der Waals surface area (Å²) in [6.07, 6.45) is 3.33. The van der Waals surface area contributed by atoms with Crippen molar-refractivity contribution in [2.75, 3.05) is 21.3 Å². The van der Waals surface area contributed by atoms with Crippen LogP contribution in [-0.2, 0) is 11.0 Å². The van der Waals surface area contributed by atoms with Gasteiger partial charge in [0.15, 0.2) is 0 Å². The minimum Gasteiger partial charge on any atom is -0.325 e. The van der Waals surface area contributed by atoms with E-state index in [1.54, 1.807) is 40.9 Å². The fraction of sp³-hybridized carbons (Fsp3) is 0.143. The van der Waals surface area contributed by atoms with E-state index in [2.05, 4.69) is 16.7 Å². The Labute approximate surface area is 236 Å². The third kappa shape index (κ3) is 6.29. The van der Waals surface area contributed by atoms with Crippen LogP contribution in [0.2, 0.25) is 5.02 Å². The third-order valence-electron chi connectivity index (χ3n) is 5.98. The number of hydrogen-bond donors (Lipinski definition) is 2. The normalized spacial score (nSPS) is 17.8. The number of benzene rings is 3. The summed E-state index contributed by atoms with van der Waals surface area (Å²) in [5.41, 5.74) is -0.0152. The van der Waals surface area contributed by atoms with Crippen molar-refractivity contribution in [2.24, 2.45) is 0 Å². The van der Waals surface area contributed by atoms with E-state index < -0.39 is 17.6 Å². The maximum atomic E-state index is 13.5. The van der Waals surface area contributed by atoms with Crippen molar-refractivity contribution in [1.29, 1.82) is 0 Å². The van der Waals surface area contributed by atoms with Gasteiger partial charge >= 0.3 is 12.2 Å². The van der Waals surface area contributed by atoms with E-state index in [1.165, 1.54) is 6.07 Å². The molecule has 200 valence electrons. The molecule has 1 aliphatic carbocycles. The van der Waals surface area contributed by atoms with E-state index in [4.69, 9.17) is 11.6 Å². The van der Waals surface area contributed by atoms with Crippen LogP contribution in [0.5, 0.6) is 0 Å². The molecule has 0 fully saturated rings. The molecule has 2 unspecified atom stereocenters. The lowest BCUT2D eigenvalue weighted by Crippen LogP contribution is -2.49. The van der Waals surface area contributed by atoms with E-state index in [0.717, 1.165) is 34.5 Å². The number of urea groups is 1. The number of rotatable bonds is 5. The number of amides is 3. The second-order valence-electron chi connectivity index (χ2n) is 8.66. The van der Waals surface area contributed by atoms with Crippen molar-refractivity contribution in [3.63, 3.8) is 0 Å². The fourth-order valence-electron chi connectivity index (χ4n) is 4.27. The van der Waals surface area contributed by atoms with Crippen LogP contribution in [-0.4, -0.2) is 29.0 Å². The average Bonchev–Trinajstić information content (AvgIpc) is 2.91. The number of hydrogen-bond acceptors (Lipinski definition) is 4. The minimum absolute atomic E-state index is 0.0770.